The van der Waals surface area contributed by atoms with E-state index >= 15 is 0 Å². The number of carbonyl (C=O) groups excluding carboxylic acids is 2. The largest absolute Gasteiger partial charge is 0.296 e. The van der Waals surface area contributed by atoms with Gasteiger partial charge in [-0.1, -0.05) is 17.2 Å². The first kappa shape index (κ1) is 17.8. The van der Waals surface area contributed by atoms with Gasteiger partial charge in [-0.15, -0.1) is 5.10 Å². The van der Waals surface area contributed by atoms with Crippen LogP contribution in [0, 0.1) is 13.8 Å². The molecule has 8 heteroatoms. The molecule has 2 amide bonds. The summed E-state index contributed by atoms with van der Waals surface area (Å²) in [5.41, 5.74) is 5.80. The Morgan fingerprint density at radius 2 is 1.92 bits per heavy atom. The van der Waals surface area contributed by atoms with Crippen molar-refractivity contribution in [3.63, 3.8) is 0 Å². The van der Waals surface area contributed by atoms with Crippen LogP contribution < -0.4 is 5.43 Å². The van der Waals surface area contributed by atoms with Crippen LogP contribution >= 0.6 is 0 Å². The molecule has 0 spiro atoms. The fourth-order valence-electron chi connectivity index (χ4n) is 2.81. The predicted molar refractivity (Wildman–Crippen MR) is 97.6 cm³/mol. The van der Waals surface area contributed by atoms with E-state index in [0.717, 1.165) is 23.2 Å². The maximum Gasteiger partial charge on any atom is 0.264 e. The molecule has 1 aliphatic heterocycles. The number of hydrogen-bond acceptors (Lipinski definition) is 5. The summed E-state index contributed by atoms with van der Waals surface area (Å²) in [7, 11) is 1.87. The van der Waals surface area contributed by atoms with E-state index in [0.29, 0.717) is 18.9 Å². The van der Waals surface area contributed by atoms with Crippen molar-refractivity contribution < 1.29 is 9.59 Å². The van der Waals surface area contributed by atoms with Crippen molar-refractivity contribution in [1.29, 1.82) is 0 Å². The van der Waals surface area contributed by atoms with Gasteiger partial charge in [0.25, 0.3) is 11.8 Å². The quantitative estimate of drug-likeness (QED) is 0.823. The zero-order valence-electron chi connectivity index (χ0n) is 15.1. The molecule has 0 saturated carbocycles. The van der Waals surface area contributed by atoms with Gasteiger partial charge in [-0.25, -0.2) is 9.67 Å². The lowest BCUT2D eigenvalue weighted by Crippen LogP contribution is -2.55. The molecule has 1 aromatic carbocycles. The molecule has 2 heterocycles. The molecule has 0 bridgehead atoms. The van der Waals surface area contributed by atoms with Gasteiger partial charge in [-0.2, -0.15) is 0 Å². The summed E-state index contributed by atoms with van der Waals surface area (Å²) in [4.78, 5) is 30.0. The Kier molecular flexibility index (Phi) is 5.13. The van der Waals surface area contributed by atoms with Crippen LogP contribution in [-0.2, 0) is 9.59 Å². The molecule has 1 aromatic heterocycles. The molecule has 1 fully saturated rings. The summed E-state index contributed by atoms with van der Waals surface area (Å²) < 4.78 is 1.47. The van der Waals surface area contributed by atoms with E-state index in [1.165, 1.54) is 28.3 Å². The SMILES string of the molecule is Cc1cc(C)cc(-c2ncn(/C=C\C(=O)NN3CCN(C)CC3=O)n2)c1. The Morgan fingerprint density at radius 3 is 2.62 bits per heavy atom. The van der Waals surface area contributed by atoms with Crippen LogP contribution in [0.15, 0.2) is 30.6 Å². The molecule has 1 saturated heterocycles. The molecule has 26 heavy (non-hydrogen) atoms. The summed E-state index contributed by atoms with van der Waals surface area (Å²) in [5.74, 6) is 0.0841. The van der Waals surface area contributed by atoms with Crippen molar-refractivity contribution in [1.82, 2.24) is 30.1 Å². The highest BCUT2D eigenvalue weighted by molar-refractivity contribution is 5.92. The van der Waals surface area contributed by atoms with Gasteiger partial charge in [0.05, 0.1) is 13.1 Å². The average Bonchev–Trinajstić information content (AvgIpc) is 3.04. The molecule has 0 aliphatic carbocycles. The van der Waals surface area contributed by atoms with Gasteiger partial charge in [0.15, 0.2) is 5.82 Å². The van der Waals surface area contributed by atoms with Crippen molar-refractivity contribution in [2.45, 2.75) is 13.8 Å². The van der Waals surface area contributed by atoms with Crippen molar-refractivity contribution in [2.24, 2.45) is 0 Å². The summed E-state index contributed by atoms with van der Waals surface area (Å²) in [6.07, 6.45) is 4.37. The molecule has 3 rings (SSSR count). The first-order chi connectivity index (χ1) is 12.4. The highest BCUT2D eigenvalue weighted by Gasteiger charge is 2.22. The number of piperazine rings is 1. The topological polar surface area (TPSA) is 83.4 Å². The second kappa shape index (κ2) is 7.49. The predicted octanol–water partition coefficient (Wildman–Crippen LogP) is 0.838. The zero-order valence-corrected chi connectivity index (χ0v) is 15.1. The number of hydrazine groups is 1. The molecule has 0 radical (unpaired) electrons. The third kappa shape index (κ3) is 4.34. The van der Waals surface area contributed by atoms with Crippen molar-refractivity contribution in [3.05, 3.63) is 41.7 Å². The third-order valence-corrected chi connectivity index (χ3v) is 4.02. The molecule has 8 nitrogen and oxygen atoms in total. The Balaban J connectivity index is 1.63. The molecule has 0 atom stereocenters. The van der Waals surface area contributed by atoms with Crippen molar-refractivity contribution in [3.8, 4) is 11.4 Å². The average molecular weight is 354 g/mol. The first-order valence-corrected chi connectivity index (χ1v) is 8.38. The fraction of sp³-hybridized carbons (Fsp3) is 0.333. The molecule has 2 aromatic rings. The summed E-state index contributed by atoms with van der Waals surface area (Å²) >= 11 is 0. The summed E-state index contributed by atoms with van der Waals surface area (Å²) in [6.45, 7) is 5.54. The lowest BCUT2D eigenvalue weighted by atomic mass is 10.1. The number of likely N-dealkylation sites (N-methyl/N-ethyl adjacent to an activating group) is 1. The Bertz CT molecular complexity index is 837. The zero-order chi connectivity index (χ0) is 18.7. The van der Waals surface area contributed by atoms with Crippen LogP contribution in [0.5, 0.6) is 0 Å². The van der Waals surface area contributed by atoms with E-state index in [4.69, 9.17) is 0 Å². The molecule has 1 N–H and O–H groups in total. The number of rotatable bonds is 4. The summed E-state index contributed by atoms with van der Waals surface area (Å²) in [6, 6.07) is 6.12. The number of aromatic nitrogens is 3. The third-order valence-electron chi connectivity index (χ3n) is 4.02. The van der Waals surface area contributed by atoms with E-state index in [9.17, 15) is 9.59 Å². The van der Waals surface area contributed by atoms with E-state index in [1.807, 2.05) is 37.9 Å². The molecule has 136 valence electrons. The van der Waals surface area contributed by atoms with Gasteiger partial charge in [-0.05, 0) is 33.0 Å². The lowest BCUT2D eigenvalue weighted by Gasteiger charge is -2.31. The number of hydrogen-bond donors (Lipinski definition) is 1. The first-order valence-electron chi connectivity index (χ1n) is 8.38. The van der Waals surface area contributed by atoms with Crippen LogP contribution in [0.2, 0.25) is 0 Å². The fourth-order valence-corrected chi connectivity index (χ4v) is 2.81. The lowest BCUT2D eigenvalue weighted by molar-refractivity contribution is -0.143. The highest BCUT2D eigenvalue weighted by atomic mass is 16.2. The van der Waals surface area contributed by atoms with Crippen LogP contribution in [0.25, 0.3) is 17.6 Å². The highest BCUT2D eigenvalue weighted by Crippen LogP contribution is 2.18. The van der Waals surface area contributed by atoms with Crippen LogP contribution in [-0.4, -0.2) is 63.2 Å². The molecule has 1 aliphatic rings. The number of nitrogens with one attached hydrogen (secondary N) is 1. The Labute approximate surface area is 152 Å². The van der Waals surface area contributed by atoms with Gasteiger partial charge >= 0.3 is 0 Å². The van der Waals surface area contributed by atoms with Crippen LogP contribution in [0.1, 0.15) is 11.1 Å². The van der Waals surface area contributed by atoms with Gasteiger partial charge in [-0.3, -0.25) is 24.9 Å². The van der Waals surface area contributed by atoms with E-state index < -0.39 is 0 Å². The standard InChI is InChI=1S/C18H22N6O2/c1-13-8-14(2)10-15(9-13)18-19-12-23(21-18)5-4-16(25)20-24-7-6-22(3)11-17(24)26/h4-5,8-10,12H,6-7,11H2,1-3H3,(H,20,25)/b5-4-. The van der Waals surface area contributed by atoms with Crippen LogP contribution in [0.3, 0.4) is 0 Å². The van der Waals surface area contributed by atoms with Crippen molar-refractivity contribution in [2.75, 3.05) is 26.7 Å². The maximum atomic E-state index is 12.0. The van der Waals surface area contributed by atoms with Gasteiger partial charge in [0.1, 0.15) is 6.33 Å². The van der Waals surface area contributed by atoms with E-state index in [1.54, 1.807) is 0 Å². The van der Waals surface area contributed by atoms with E-state index in [2.05, 4.69) is 21.6 Å². The normalized spacial score (nSPS) is 15.7. The number of nitrogens with zero attached hydrogens (tertiary/aromatic N) is 5. The number of benzene rings is 1. The number of carbonyl (C=O) groups is 2. The number of aryl methyl sites for hydroxylation is 2. The monoisotopic (exact) mass is 354 g/mol. The molecule has 0 unspecified atom stereocenters. The summed E-state index contributed by atoms with van der Waals surface area (Å²) in [5, 5.41) is 5.70. The Hall–Kier alpha value is -3.00. The molecular formula is C18H22N6O2. The second-order valence-electron chi connectivity index (χ2n) is 6.50. The van der Waals surface area contributed by atoms with Gasteiger partial charge in [0.2, 0.25) is 0 Å². The maximum absolute atomic E-state index is 12.0. The smallest absolute Gasteiger partial charge is 0.264 e. The van der Waals surface area contributed by atoms with Crippen LogP contribution in [0.4, 0.5) is 0 Å². The minimum Gasteiger partial charge on any atom is -0.296 e. The molecular weight excluding hydrogens is 332 g/mol. The second-order valence-corrected chi connectivity index (χ2v) is 6.50. The number of amides is 2. The van der Waals surface area contributed by atoms with Crippen molar-refractivity contribution >= 4 is 18.0 Å². The van der Waals surface area contributed by atoms with Gasteiger partial charge in [0, 0.05) is 24.4 Å². The van der Waals surface area contributed by atoms with E-state index in [-0.39, 0.29) is 11.8 Å². The minimum atomic E-state index is -0.383. The minimum absolute atomic E-state index is 0.127. The Morgan fingerprint density at radius 1 is 1.19 bits per heavy atom. The van der Waals surface area contributed by atoms with Gasteiger partial charge < -0.3 is 0 Å².